The monoisotopic (exact) mass is 251 g/mol. The summed E-state index contributed by atoms with van der Waals surface area (Å²) in [5, 5.41) is 13.4. The van der Waals surface area contributed by atoms with Crippen molar-refractivity contribution < 1.29 is 14.7 Å². The predicted molar refractivity (Wildman–Crippen MR) is 63.7 cm³/mol. The highest BCUT2D eigenvalue weighted by atomic mass is 16.4. The van der Waals surface area contributed by atoms with Gasteiger partial charge in [0.2, 0.25) is 5.91 Å². The first-order valence-corrected chi connectivity index (χ1v) is 5.98. The predicted octanol–water partition coefficient (Wildman–Crippen LogP) is 0.804. The van der Waals surface area contributed by atoms with Gasteiger partial charge in [0.25, 0.3) is 0 Å². The zero-order chi connectivity index (χ0) is 13.3. The lowest BCUT2D eigenvalue weighted by Gasteiger charge is -2.30. The summed E-state index contributed by atoms with van der Waals surface area (Å²) < 4.78 is 1.63. The third kappa shape index (κ3) is 2.10. The van der Waals surface area contributed by atoms with E-state index in [9.17, 15) is 14.7 Å². The van der Waals surface area contributed by atoms with Crippen LogP contribution in [0.25, 0.3) is 0 Å². The Kier molecular flexibility index (Phi) is 3.36. The molecule has 1 N–H and O–H groups in total. The molecule has 2 rings (SSSR count). The van der Waals surface area contributed by atoms with E-state index >= 15 is 0 Å². The van der Waals surface area contributed by atoms with Crippen LogP contribution in [-0.2, 0) is 16.6 Å². The number of amides is 1. The van der Waals surface area contributed by atoms with Crippen LogP contribution in [-0.4, -0.2) is 38.7 Å². The van der Waals surface area contributed by atoms with Crippen molar-refractivity contribution in [3.05, 3.63) is 18.0 Å². The highest BCUT2D eigenvalue weighted by molar-refractivity contribution is 5.79. The van der Waals surface area contributed by atoms with E-state index in [1.807, 2.05) is 0 Å². The lowest BCUT2D eigenvalue weighted by atomic mass is 9.92. The third-order valence-corrected chi connectivity index (χ3v) is 3.58. The summed E-state index contributed by atoms with van der Waals surface area (Å²) in [6.07, 6.45) is 3.17. The highest BCUT2D eigenvalue weighted by Crippen LogP contribution is 2.34. The Morgan fingerprint density at radius 3 is 2.78 bits per heavy atom. The van der Waals surface area contributed by atoms with Crippen LogP contribution in [0.4, 0.5) is 0 Å². The molecule has 0 saturated carbocycles. The standard InChI is InChI=1S/C12H17N3O3/c1-14-10(16)5-3-4-8(12(17)18)11(14)9-6-7-13-15(9)2/h6-8,11H,3-5H2,1-2H3,(H,17,18). The molecule has 1 aliphatic heterocycles. The van der Waals surface area contributed by atoms with Gasteiger partial charge in [0.15, 0.2) is 0 Å². The molecule has 1 amide bonds. The normalized spacial score (nSPS) is 25.0. The van der Waals surface area contributed by atoms with Gasteiger partial charge in [0.1, 0.15) is 0 Å². The molecule has 0 spiro atoms. The maximum absolute atomic E-state index is 11.9. The molecule has 1 aromatic rings. The molecular formula is C12H17N3O3. The Morgan fingerprint density at radius 1 is 1.50 bits per heavy atom. The minimum Gasteiger partial charge on any atom is -0.481 e. The fourth-order valence-electron chi connectivity index (χ4n) is 2.57. The van der Waals surface area contributed by atoms with Crippen LogP contribution in [0.1, 0.15) is 31.0 Å². The second kappa shape index (κ2) is 4.80. The molecule has 1 aromatic heterocycles. The molecule has 2 unspecified atom stereocenters. The van der Waals surface area contributed by atoms with E-state index in [1.165, 1.54) is 0 Å². The van der Waals surface area contributed by atoms with Crippen molar-refractivity contribution in [3.63, 3.8) is 0 Å². The van der Waals surface area contributed by atoms with Gasteiger partial charge in [-0.1, -0.05) is 0 Å². The summed E-state index contributed by atoms with van der Waals surface area (Å²) in [7, 11) is 3.43. The Balaban J connectivity index is 2.44. The number of carbonyl (C=O) groups excluding carboxylic acids is 1. The van der Waals surface area contributed by atoms with E-state index in [-0.39, 0.29) is 5.91 Å². The summed E-state index contributed by atoms with van der Waals surface area (Å²) in [4.78, 5) is 24.9. The fourth-order valence-corrected chi connectivity index (χ4v) is 2.57. The number of rotatable bonds is 2. The van der Waals surface area contributed by atoms with Crippen LogP contribution in [0, 0.1) is 5.92 Å². The third-order valence-electron chi connectivity index (χ3n) is 3.58. The number of carboxylic acid groups (broad SMARTS) is 1. The number of aryl methyl sites for hydroxylation is 1. The van der Waals surface area contributed by atoms with Crippen molar-refractivity contribution in [1.82, 2.24) is 14.7 Å². The summed E-state index contributed by atoms with van der Waals surface area (Å²) in [5.74, 6) is -1.44. The molecule has 0 bridgehead atoms. The Hall–Kier alpha value is -1.85. The molecule has 2 atom stereocenters. The van der Waals surface area contributed by atoms with Crippen LogP contribution in [0.15, 0.2) is 12.3 Å². The zero-order valence-electron chi connectivity index (χ0n) is 10.5. The summed E-state index contributed by atoms with van der Waals surface area (Å²) in [6, 6.07) is 1.33. The van der Waals surface area contributed by atoms with Crippen molar-refractivity contribution in [3.8, 4) is 0 Å². The maximum Gasteiger partial charge on any atom is 0.309 e. The van der Waals surface area contributed by atoms with Crippen molar-refractivity contribution in [2.45, 2.75) is 25.3 Å². The number of hydrogen-bond donors (Lipinski definition) is 1. The van der Waals surface area contributed by atoms with E-state index in [0.29, 0.717) is 19.3 Å². The number of carboxylic acids is 1. The van der Waals surface area contributed by atoms with Gasteiger partial charge in [-0.3, -0.25) is 14.3 Å². The van der Waals surface area contributed by atoms with Crippen molar-refractivity contribution >= 4 is 11.9 Å². The highest BCUT2D eigenvalue weighted by Gasteiger charge is 2.38. The first-order chi connectivity index (χ1) is 8.52. The maximum atomic E-state index is 11.9. The molecule has 6 nitrogen and oxygen atoms in total. The van der Waals surface area contributed by atoms with Gasteiger partial charge in [0.05, 0.1) is 17.7 Å². The molecule has 0 radical (unpaired) electrons. The minimum atomic E-state index is -0.859. The molecule has 1 fully saturated rings. The van der Waals surface area contributed by atoms with Gasteiger partial charge in [-0.05, 0) is 18.9 Å². The van der Waals surface area contributed by atoms with E-state index in [1.54, 1.807) is 35.9 Å². The van der Waals surface area contributed by atoms with Crippen LogP contribution in [0.5, 0.6) is 0 Å². The largest absolute Gasteiger partial charge is 0.481 e. The first-order valence-electron chi connectivity index (χ1n) is 5.98. The SMILES string of the molecule is CN1C(=O)CCCC(C(=O)O)C1c1ccnn1C. The Bertz CT molecular complexity index is 469. The van der Waals surface area contributed by atoms with Crippen LogP contribution >= 0.6 is 0 Å². The lowest BCUT2D eigenvalue weighted by Crippen LogP contribution is -2.37. The summed E-state index contributed by atoms with van der Waals surface area (Å²) in [6.45, 7) is 0. The second-order valence-corrected chi connectivity index (χ2v) is 4.67. The van der Waals surface area contributed by atoms with Gasteiger partial charge in [-0.15, -0.1) is 0 Å². The average molecular weight is 251 g/mol. The zero-order valence-corrected chi connectivity index (χ0v) is 10.5. The van der Waals surface area contributed by atoms with Gasteiger partial charge < -0.3 is 10.0 Å². The van der Waals surface area contributed by atoms with Crippen LogP contribution in [0.2, 0.25) is 0 Å². The topological polar surface area (TPSA) is 75.4 Å². The number of likely N-dealkylation sites (tertiary alicyclic amines) is 1. The fraction of sp³-hybridized carbons (Fsp3) is 0.583. The molecular weight excluding hydrogens is 234 g/mol. The second-order valence-electron chi connectivity index (χ2n) is 4.67. The lowest BCUT2D eigenvalue weighted by molar-refractivity contribution is -0.145. The number of nitrogens with zero attached hydrogens (tertiary/aromatic N) is 3. The molecule has 1 aliphatic rings. The molecule has 18 heavy (non-hydrogen) atoms. The van der Waals surface area contributed by atoms with Gasteiger partial charge in [-0.2, -0.15) is 5.10 Å². The Morgan fingerprint density at radius 2 is 2.22 bits per heavy atom. The van der Waals surface area contributed by atoms with E-state index in [2.05, 4.69) is 5.10 Å². The molecule has 0 aromatic carbocycles. The van der Waals surface area contributed by atoms with Gasteiger partial charge in [0, 0.05) is 26.7 Å². The van der Waals surface area contributed by atoms with Crippen molar-refractivity contribution in [1.29, 1.82) is 0 Å². The van der Waals surface area contributed by atoms with E-state index < -0.39 is 17.9 Å². The summed E-state index contributed by atoms with van der Waals surface area (Å²) in [5.41, 5.74) is 0.764. The average Bonchev–Trinajstić information content (AvgIpc) is 2.66. The molecule has 2 heterocycles. The van der Waals surface area contributed by atoms with Crippen LogP contribution < -0.4 is 0 Å². The number of carbonyl (C=O) groups is 2. The number of aliphatic carboxylic acids is 1. The number of hydrogen-bond acceptors (Lipinski definition) is 3. The summed E-state index contributed by atoms with van der Waals surface area (Å²) >= 11 is 0. The van der Waals surface area contributed by atoms with Gasteiger partial charge in [-0.25, -0.2) is 0 Å². The smallest absolute Gasteiger partial charge is 0.309 e. The molecule has 98 valence electrons. The molecule has 6 heteroatoms. The van der Waals surface area contributed by atoms with Crippen molar-refractivity contribution in [2.75, 3.05) is 7.05 Å². The van der Waals surface area contributed by atoms with E-state index in [4.69, 9.17) is 0 Å². The Labute approximate surface area is 105 Å². The van der Waals surface area contributed by atoms with Crippen LogP contribution in [0.3, 0.4) is 0 Å². The molecule has 0 aliphatic carbocycles. The van der Waals surface area contributed by atoms with E-state index in [0.717, 1.165) is 5.69 Å². The molecule has 1 saturated heterocycles. The number of aromatic nitrogens is 2. The minimum absolute atomic E-state index is 0.00931. The quantitative estimate of drug-likeness (QED) is 0.843. The van der Waals surface area contributed by atoms with Crippen molar-refractivity contribution in [2.24, 2.45) is 13.0 Å². The van der Waals surface area contributed by atoms with Gasteiger partial charge >= 0.3 is 5.97 Å². The first kappa shape index (κ1) is 12.6.